The Kier molecular flexibility index (Phi) is 5.83. The van der Waals surface area contributed by atoms with Crippen molar-refractivity contribution in [1.29, 1.82) is 0 Å². The van der Waals surface area contributed by atoms with Crippen LogP contribution < -0.4 is 25.2 Å². The molecule has 1 aromatic heterocycles. The van der Waals surface area contributed by atoms with E-state index in [2.05, 4.69) is 15.5 Å². The quantitative estimate of drug-likeness (QED) is 0.624. The van der Waals surface area contributed by atoms with E-state index in [1.165, 1.54) is 4.57 Å². The van der Waals surface area contributed by atoms with Crippen molar-refractivity contribution in [3.05, 3.63) is 70.1 Å². The van der Waals surface area contributed by atoms with Crippen molar-refractivity contribution in [1.82, 2.24) is 20.1 Å². The largest absolute Gasteiger partial charge is 0.496 e. The summed E-state index contributed by atoms with van der Waals surface area (Å²) in [5.74, 6) is 1.27. The van der Waals surface area contributed by atoms with Crippen molar-refractivity contribution in [3.8, 4) is 11.5 Å². The fraction of sp³-hybridized carbons (Fsp3) is 0.273. The molecule has 0 unspecified atom stereocenters. The summed E-state index contributed by atoms with van der Waals surface area (Å²) in [5.41, 5.74) is 0.981. The van der Waals surface area contributed by atoms with Crippen molar-refractivity contribution in [2.45, 2.75) is 20.0 Å². The molecule has 0 aliphatic carbocycles. The van der Waals surface area contributed by atoms with Crippen LogP contribution in [0.15, 0.2) is 53.3 Å². The van der Waals surface area contributed by atoms with Crippen LogP contribution in [0.2, 0.25) is 0 Å². The van der Waals surface area contributed by atoms with Gasteiger partial charge in [-0.05, 0) is 37.3 Å². The van der Waals surface area contributed by atoms with Crippen LogP contribution in [0.25, 0.3) is 0 Å². The third kappa shape index (κ3) is 4.07. The number of amides is 1. The Balaban J connectivity index is 1.52. The lowest BCUT2D eigenvalue weighted by molar-refractivity contribution is 0.0942. The van der Waals surface area contributed by atoms with Crippen molar-refractivity contribution < 1.29 is 14.3 Å². The van der Waals surface area contributed by atoms with Gasteiger partial charge in [-0.3, -0.25) is 14.2 Å². The molecule has 31 heavy (non-hydrogen) atoms. The van der Waals surface area contributed by atoms with Gasteiger partial charge in [0.1, 0.15) is 11.5 Å². The molecule has 2 heterocycles. The summed E-state index contributed by atoms with van der Waals surface area (Å²) in [4.78, 5) is 27.4. The van der Waals surface area contributed by atoms with Gasteiger partial charge in [-0.1, -0.05) is 18.2 Å². The molecule has 9 nitrogen and oxygen atoms in total. The summed E-state index contributed by atoms with van der Waals surface area (Å²) in [7, 11) is 1.56. The van der Waals surface area contributed by atoms with Gasteiger partial charge in [0.25, 0.3) is 11.5 Å². The van der Waals surface area contributed by atoms with Crippen LogP contribution in [0.5, 0.6) is 11.5 Å². The molecular weight excluding hydrogens is 398 g/mol. The van der Waals surface area contributed by atoms with Crippen molar-refractivity contribution in [2.75, 3.05) is 25.2 Å². The summed E-state index contributed by atoms with van der Waals surface area (Å²) in [6.45, 7) is 3.71. The van der Waals surface area contributed by atoms with E-state index in [0.29, 0.717) is 31.4 Å². The number of para-hydroxylation sites is 1. The highest BCUT2D eigenvalue weighted by Crippen LogP contribution is 2.28. The molecule has 0 spiro atoms. The fourth-order valence-electron chi connectivity index (χ4n) is 3.50. The van der Waals surface area contributed by atoms with Gasteiger partial charge in [-0.15, -0.1) is 10.2 Å². The number of aromatic nitrogens is 3. The molecule has 4 rings (SSSR count). The predicted octanol–water partition coefficient (Wildman–Crippen LogP) is 2.13. The number of nitrogens with one attached hydrogen (secondary N) is 1. The molecule has 0 bridgehead atoms. The molecule has 1 amide bonds. The number of benzene rings is 2. The minimum atomic E-state index is -0.571. The van der Waals surface area contributed by atoms with Gasteiger partial charge in [0.2, 0.25) is 11.6 Å². The molecule has 0 atom stereocenters. The number of fused-ring (bicyclic) bond motifs is 1. The maximum absolute atomic E-state index is 12.9. The minimum absolute atomic E-state index is 0.212. The highest BCUT2D eigenvalue weighted by molar-refractivity contribution is 5.91. The second-order valence-corrected chi connectivity index (χ2v) is 6.88. The summed E-state index contributed by atoms with van der Waals surface area (Å²) in [5, 5.41) is 10.8. The monoisotopic (exact) mass is 421 g/mol. The average molecular weight is 421 g/mol. The van der Waals surface area contributed by atoms with Gasteiger partial charge < -0.3 is 19.7 Å². The first kappa shape index (κ1) is 20.4. The van der Waals surface area contributed by atoms with Gasteiger partial charge >= 0.3 is 0 Å². The molecule has 1 aliphatic heterocycles. The zero-order valence-corrected chi connectivity index (χ0v) is 17.4. The molecular formula is C22H23N5O4. The summed E-state index contributed by atoms with van der Waals surface area (Å²) >= 11 is 0. The summed E-state index contributed by atoms with van der Waals surface area (Å²) < 4.78 is 12.2. The Labute approximate surface area is 179 Å². The first-order valence-electron chi connectivity index (χ1n) is 10.0. The molecule has 9 heteroatoms. The van der Waals surface area contributed by atoms with Crippen molar-refractivity contribution in [2.24, 2.45) is 0 Å². The van der Waals surface area contributed by atoms with E-state index in [9.17, 15) is 9.59 Å². The fourth-order valence-corrected chi connectivity index (χ4v) is 3.50. The van der Waals surface area contributed by atoms with E-state index in [1.54, 1.807) is 13.2 Å². The Morgan fingerprint density at radius 1 is 1.10 bits per heavy atom. The van der Waals surface area contributed by atoms with Crippen molar-refractivity contribution in [3.63, 3.8) is 0 Å². The zero-order chi connectivity index (χ0) is 21.8. The molecule has 0 fully saturated rings. The van der Waals surface area contributed by atoms with E-state index >= 15 is 0 Å². The number of hydrogen-bond donors (Lipinski definition) is 1. The molecule has 0 saturated carbocycles. The molecule has 160 valence electrons. The maximum atomic E-state index is 12.9. The Morgan fingerprint density at radius 2 is 1.87 bits per heavy atom. The summed E-state index contributed by atoms with van der Waals surface area (Å²) in [6.07, 6.45) is 0. The van der Waals surface area contributed by atoms with E-state index in [1.807, 2.05) is 54.3 Å². The van der Waals surface area contributed by atoms with Crippen LogP contribution >= 0.6 is 0 Å². The topological polar surface area (TPSA) is 98.6 Å². The van der Waals surface area contributed by atoms with Crippen LogP contribution in [0.1, 0.15) is 23.0 Å². The lowest BCUT2D eigenvalue weighted by Gasteiger charge is -2.17. The molecule has 2 aromatic carbocycles. The van der Waals surface area contributed by atoms with Crippen LogP contribution in [0, 0.1) is 0 Å². The third-order valence-corrected chi connectivity index (χ3v) is 5.02. The SMILES string of the molecule is CCOc1ccc(N2CCn3c2nnc(C(=O)NCc2ccccc2OC)c3=O)cc1. The number of nitrogens with zero attached hydrogens (tertiary/aromatic N) is 4. The van der Waals surface area contributed by atoms with Crippen LogP contribution in [-0.2, 0) is 13.1 Å². The second-order valence-electron chi connectivity index (χ2n) is 6.88. The zero-order valence-electron chi connectivity index (χ0n) is 17.4. The number of hydrogen-bond acceptors (Lipinski definition) is 7. The number of anilines is 2. The van der Waals surface area contributed by atoms with E-state index in [4.69, 9.17) is 9.47 Å². The van der Waals surface area contributed by atoms with Gasteiger partial charge in [0, 0.05) is 30.9 Å². The number of ether oxygens (including phenoxy) is 2. The predicted molar refractivity (Wildman–Crippen MR) is 115 cm³/mol. The van der Waals surface area contributed by atoms with E-state index in [-0.39, 0.29) is 12.2 Å². The molecule has 0 saturated heterocycles. The maximum Gasteiger partial charge on any atom is 0.286 e. The van der Waals surface area contributed by atoms with Gasteiger partial charge in [0.15, 0.2) is 0 Å². The average Bonchev–Trinajstić information content (AvgIpc) is 3.24. The van der Waals surface area contributed by atoms with Gasteiger partial charge in [-0.2, -0.15) is 0 Å². The second kappa shape index (κ2) is 8.86. The third-order valence-electron chi connectivity index (χ3n) is 5.02. The smallest absolute Gasteiger partial charge is 0.286 e. The molecule has 1 aliphatic rings. The molecule has 0 radical (unpaired) electrons. The first-order chi connectivity index (χ1) is 15.1. The Bertz CT molecular complexity index is 1140. The van der Waals surface area contributed by atoms with E-state index < -0.39 is 11.5 Å². The highest BCUT2D eigenvalue weighted by Gasteiger charge is 2.27. The lowest BCUT2D eigenvalue weighted by Crippen LogP contribution is -2.34. The number of methoxy groups -OCH3 is 1. The Morgan fingerprint density at radius 3 is 2.61 bits per heavy atom. The number of carbonyl (C=O) groups is 1. The summed E-state index contributed by atoms with van der Waals surface area (Å²) in [6, 6.07) is 14.9. The van der Waals surface area contributed by atoms with Gasteiger partial charge in [-0.25, -0.2) is 0 Å². The van der Waals surface area contributed by atoms with E-state index in [0.717, 1.165) is 17.0 Å². The first-order valence-corrected chi connectivity index (χ1v) is 10.0. The standard InChI is InChI=1S/C22H23N5O4/c1-3-31-17-10-8-16(9-11-17)26-12-13-27-21(29)19(24-25-22(26)27)20(28)23-14-15-6-4-5-7-18(15)30-2/h4-11H,3,12-14H2,1-2H3,(H,23,28). The Hall–Kier alpha value is -3.88. The number of rotatable bonds is 7. The van der Waals surface area contributed by atoms with Crippen LogP contribution in [-0.4, -0.2) is 40.9 Å². The minimum Gasteiger partial charge on any atom is -0.496 e. The normalized spacial score (nSPS) is 12.4. The van der Waals surface area contributed by atoms with Crippen LogP contribution in [0.3, 0.4) is 0 Å². The highest BCUT2D eigenvalue weighted by atomic mass is 16.5. The molecule has 1 N–H and O–H groups in total. The number of carbonyl (C=O) groups excluding carboxylic acids is 1. The lowest BCUT2D eigenvalue weighted by atomic mass is 10.2. The molecule has 3 aromatic rings. The van der Waals surface area contributed by atoms with Crippen LogP contribution in [0.4, 0.5) is 11.6 Å². The van der Waals surface area contributed by atoms with Gasteiger partial charge in [0.05, 0.1) is 13.7 Å². The van der Waals surface area contributed by atoms with Crippen molar-refractivity contribution >= 4 is 17.5 Å².